The van der Waals surface area contributed by atoms with E-state index in [0.717, 1.165) is 30.3 Å². The highest BCUT2D eigenvalue weighted by atomic mass is 127. The minimum Gasteiger partial charge on any atom is -0.378 e. The van der Waals surface area contributed by atoms with Crippen molar-refractivity contribution in [3.05, 3.63) is 42.1 Å². The maximum Gasteiger partial charge on any atom is 0.191 e. The third-order valence-electron chi connectivity index (χ3n) is 3.64. The van der Waals surface area contributed by atoms with Crippen LogP contribution in [0.4, 0.5) is 0 Å². The quantitative estimate of drug-likeness (QED) is 0.454. The van der Waals surface area contributed by atoms with Crippen LogP contribution in [-0.4, -0.2) is 51.7 Å². The molecule has 2 aromatic rings. The number of morpholine rings is 1. The van der Waals surface area contributed by atoms with Gasteiger partial charge in [0.05, 0.1) is 19.8 Å². The van der Waals surface area contributed by atoms with Crippen molar-refractivity contribution >= 4 is 29.9 Å². The van der Waals surface area contributed by atoms with E-state index in [1.165, 1.54) is 0 Å². The Morgan fingerprint density at radius 3 is 2.70 bits per heavy atom. The van der Waals surface area contributed by atoms with E-state index in [4.69, 9.17) is 10.5 Å². The van der Waals surface area contributed by atoms with Crippen LogP contribution >= 0.6 is 24.0 Å². The monoisotopic (exact) mass is 428 g/mol. The average molecular weight is 428 g/mol. The van der Waals surface area contributed by atoms with Gasteiger partial charge in [0.1, 0.15) is 11.6 Å². The number of aryl methyl sites for hydroxylation is 1. The Morgan fingerprint density at radius 2 is 2.09 bits per heavy atom. The molecule has 0 atom stereocenters. The highest BCUT2D eigenvalue weighted by Gasteiger charge is 2.11. The summed E-state index contributed by atoms with van der Waals surface area (Å²) in [6, 6.07) is 3.97. The first-order valence-corrected chi connectivity index (χ1v) is 7.32. The molecule has 0 saturated carbocycles. The molecule has 23 heavy (non-hydrogen) atoms. The number of halogens is 1. The summed E-state index contributed by atoms with van der Waals surface area (Å²) in [5, 5.41) is 0. The fourth-order valence-corrected chi connectivity index (χ4v) is 2.34. The average Bonchev–Trinajstić information content (AvgIpc) is 3.00. The van der Waals surface area contributed by atoms with E-state index in [2.05, 4.69) is 15.0 Å². The van der Waals surface area contributed by atoms with Crippen LogP contribution in [0.15, 0.2) is 35.7 Å². The Kier molecular flexibility index (Phi) is 6.34. The van der Waals surface area contributed by atoms with Crippen LogP contribution in [0.25, 0.3) is 5.82 Å². The molecular formula is C15H21IN6O. The van der Waals surface area contributed by atoms with Crippen molar-refractivity contribution in [3.63, 3.8) is 0 Å². The maximum absolute atomic E-state index is 6.01. The summed E-state index contributed by atoms with van der Waals surface area (Å²) in [6.07, 6.45) is 5.48. The number of aromatic nitrogens is 3. The van der Waals surface area contributed by atoms with Gasteiger partial charge >= 0.3 is 0 Å². The zero-order chi connectivity index (χ0) is 15.4. The topological polar surface area (TPSA) is 81.6 Å². The zero-order valence-corrected chi connectivity index (χ0v) is 15.4. The summed E-state index contributed by atoms with van der Waals surface area (Å²) in [5.74, 6) is 2.33. The summed E-state index contributed by atoms with van der Waals surface area (Å²) in [6.45, 7) is 5.48. The van der Waals surface area contributed by atoms with Gasteiger partial charge in [-0.3, -0.25) is 4.57 Å². The number of guanidine groups is 1. The van der Waals surface area contributed by atoms with Gasteiger partial charge < -0.3 is 15.4 Å². The summed E-state index contributed by atoms with van der Waals surface area (Å²) in [7, 11) is 0. The third-order valence-corrected chi connectivity index (χ3v) is 3.64. The van der Waals surface area contributed by atoms with Gasteiger partial charge in [0, 0.05) is 31.7 Å². The zero-order valence-electron chi connectivity index (χ0n) is 13.1. The Hall–Kier alpha value is -1.68. The lowest BCUT2D eigenvalue weighted by atomic mass is 10.3. The lowest BCUT2D eigenvalue weighted by Gasteiger charge is -2.27. The van der Waals surface area contributed by atoms with Gasteiger partial charge in [-0.1, -0.05) is 6.07 Å². The van der Waals surface area contributed by atoms with Gasteiger partial charge in [0.2, 0.25) is 0 Å². The van der Waals surface area contributed by atoms with Crippen LogP contribution in [0.1, 0.15) is 11.4 Å². The van der Waals surface area contributed by atoms with E-state index in [1.807, 2.05) is 40.9 Å². The summed E-state index contributed by atoms with van der Waals surface area (Å²) >= 11 is 0. The van der Waals surface area contributed by atoms with Crippen molar-refractivity contribution in [2.75, 3.05) is 26.3 Å². The van der Waals surface area contributed by atoms with Crippen molar-refractivity contribution in [2.45, 2.75) is 13.5 Å². The largest absolute Gasteiger partial charge is 0.378 e. The van der Waals surface area contributed by atoms with Crippen LogP contribution < -0.4 is 5.73 Å². The highest BCUT2D eigenvalue weighted by Crippen LogP contribution is 2.09. The Morgan fingerprint density at radius 1 is 1.30 bits per heavy atom. The number of ether oxygens (including phenoxy) is 1. The second-order valence-corrected chi connectivity index (χ2v) is 5.14. The minimum absolute atomic E-state index is 0. The van der Waals surface area contributed by atoms with Crippen LogP contribution in [0, 0.1) is 6.92 Å². The lowest BCUT2D eigenvalue weighted by molar-refractivity contribution is 0.0674. The van der Waals surface area contributed by atoms with Crippen LogP contribution in [-0.2, 0) is 11.3 Å². The molecule has 2 N–H and O–H groups in total. The molecule has 0 bridgehead atoms. The third kappa shape index (κ3) is 4.41. The molecule has 0 unspecified atom stereocenters. The number of nitrogens with zero attached hydrogens (tertiary/aromatic N) is 5. The fourth-order valence-electron chi connectivity index (χ4n) is 2.34. The molecule has 1 saturated heterocycles. The number of aliphatic imine (C=N–C) groups is 1. The van der Waals surface area contributed by atoms with Gasteiger partial charge in [0.15, 0.2) is 5.96 Å². The number of rotatable bonds is 3. The SMILES string of the molecule is Cc1nccn1-c1ccc(CN=C(N)N2CCOCC2)cn1.I. The van der Waals surface area contributed by atoms with Crippen molar-refractivity contribution in [3.8, 4) is 5.82 Å². The maximum atomic E-state index is 6.01. The molecule has 0 aromatic carbocycles. The van der Waals surface area contributed by atoms with Gasteiger partial charge in [-0.2, -0.15) is 0 Å². The second-order valence-electron chi connectivity index (χ2n) is 5.14. The number of hydrogen-bond acceptors (Lipinski definition) is 4. The molecule has 0 spiro atoms. The summed E-state index contributed by atoms with van der Waals surface area (Å²) < 4.78 is 7.24. The van der Waals surface area contributed by atoms with Gasteiger partial charge in [0.25, 0.3) is 0 Å². The first kappa shape index (κ1) is 17.7. The number of imidazole rings is 1. The molecule has 2 aromatic heterocycles. The first-order valence-electron chi connectivity index (χ1n) is 7.32. The van der Waals surface area contributed by atoms with E-state index in [-0.39, 0.29) is 24.0 Å². The Bertz CT molecular complexity index is 648. The van der Waals surface area contributed by atoms with E-state index in [1.54, 1.807) is 6.20 Å². The summed E-state index contributed by atoms with van der Waals surface area (Å²) in [5.41, 5.74) is 7.04. The van der Waals surface area contributed by atoms with Crippen molar-refractivity contribution in [1.29, 1.82) is 0 Å². The van der Waals surface area contributed by atoms with Crippen molar-refractivity contribution < 1.29 is 4.74 Å². The molecule has 0 radical (unpaired) electrons. The molecule has 1 aliphatic rings. The molecule has 124 valence electrons. The van der Waals surface area contributed by atoms with E-state index in [0.29, 0.717) is 25.7 Å². The molecule has 8 heteroatoms. The predicted octanol–water partition coefficient (Wildman–Crippen LogP) is 1.34. The standard InChI is InChI=1S/C15H20N6O.HI/c1-12-17-4-5-21(12)14-3-2-13(10-18-14)11-19-15(16)20-6-8-22-9-7-20;/h2-5,10H,6-9,11H2,1H3,(H2,16,19);1H. The molecule has 7 nitrogen and oxygen atoms in total. The molecule has 3 rings (SSSR count). The normalized spacial score (nSPS) is 15.3. The summed E-state index contributed by atoms with van der Waals surface area (Å²) in [4.78, 5) is 15.1. The van der Waals surface area contributed by atoms with Crippen LogP contribution in [0.2, 0.25) is 0 Å². The second kappa shape index (κ2) is 8.25. The molecular weight excluding hydrogens is 407 g/mol. The number of hydrogen-bond donors (Lipinski definition) is 1. The van der Waals surface area contributed by atoms with Crippen LogP contribution in [0.3, 0.4) is 0 Å². The fraction of sp³-hybridized carbons (Fsp3) is 0.400. The molecule has 0 aliphatic carbocycles. The van der Waals surface area contributed by atoms with E-state index >= 15 is 0 Å². The lowest BCUT2D eigenvalue weighted by Crippen LogP contribution is -2.44. The molecule has 0 amide bonds. The predicted molar refractivity (Wildman–Crippen MR) is 99.2 cm³/mol. The molecule has 1 aliphatic heterocycles. The van der Waals surface area contributed by atoms with Crippen molar-refractivity contribution in [2.24, 2.45) is 10.7 Å². The molecule has 3 heterocycles. The highest BCUT2D eigenvalue weighted by molar-refractivity contribution is 14.0. The van der Waals surface area contributed by atoms with E-state index in [9.17, 15) is 0 Å². The van der Waals surface area contributed by atoms with E-state index < -0.39 is 0 Å². The van der Waals surface area contributed by atoms with Crippen molar-refractivity contribution in [1.82, 2.24) is 19.4 Å². The Labute approximate surface area is 152 Å². The van der Waals surface area contributed by atoms with Crippen LogP contribution in [0.5, 0.6) is 0 Å². The minimum atomic E-state index is 0. The number of pyridine rings is 1. The van der Waals surface area contributed by atoms with Gasteiger partial charge in [-0.15, -0.1) is 24.0 Å². The first-order chi connectivity index (χ1) is 10.7. The Balaban J connectivity index is 0.00000192. The smallest absolute Gasteiger partial charge is 0.191 e. The molecule has 1 fully saturated rings. The number of nitrogens with two attached hydrogens (primary N) is 1. The van der Waals surface area contributed by atoms with Gasteiger partial charge in [-0.25, -0.2) is 15.0 Å². The van der Waals surface area contributed by atoms with Gasteiger partial charge in [-0.05, 0) is 18.6 Å².